The second-order valence-corrected chi connectivity index (χ2v) is 12.3. The van der Waals surface area contributed by atoms with Crippen molar-refractivity contribution in [3.05, 3.63) is 0 Å². The molecule has 3 fully saturated rings. The Kier molecular flexibility index (Phi) is 29.6. The van der Waals surface area contributed by atoms with Gasteiger partial charge in [-0.05, 0) is 77.6 Å². The Morgan fingerprint density at radius 1 is 0.604 bits per heavy atom. The van der Waals surface area contributed by atoms with Crippen molar-refractivity contribution < 1.29 is 63.2 Å². The first-order valence-electron chi connectivity index (χ1n) is 17.4. The first-order valence-corrected chi connectivity index (χ1v) is 17.4. The largest absolute Gasteiger partial charge is 0.428 e. The summed E-state index contributed by atoms with van der Waals surface area (Å²) in [7, 11) is 0.500. The summed E-state index contributed by atoms with van der Waals surface area (Å²) in [5.74, 6) is 0.957. The molecule has 0 amide bonds. The van der Waals surface area contributed by atoms with Crippen LogP contribution in [0.15, 0.2) is 0 Å². The molecule has 3 saturated carbocycles. The van der Waals surface area contributed by atoms with Crippen LogP contribution in [0.25, 0.3) is 0 Å². The predicted octanol–water partition coefficient (Wildman–Crippen LogP) is 11.3. The lowest BCUT2D eigenvalue weighted by Crippen LogP contribution is -2.62. The Balaban J connectivity index is 0. The minimum Gasteiger partial charge on any atom is -0.378 e. The van der Waals surface area contributed by atoms with Gasteiger partial charge in [0, 0.05) is 6.61 Å². The highest BCUT2D eigenvalue weighted by Crippen LogP contribution is 2.46. The summed E-state index contributed by atoms with van der Waals surface area (Å²) in [4.78, 5) is 0. The van der Waals surface area contributed by atoms with Crippen LogP contribution in [0.4, 0.5) is 39.5 Å². The van der Waals surface area contributed by atoms with E-state index in [0.29, 0.717) is 20.4 Å². The van der Waals surface area contributed by atoms with E-state index in [1.54, 1.807) is 6.92 Å². The van der Waals surface area contributed by atoms with Crippen LogP contribution in [-0.4, -0.2) is 84.1 Å². The lowest BCUT2D eigenvalue weighted by atomic mass is 9.90. The molecule has 0 aliphatic heterocycles. The van der Waals surface area contributed by atoms with Crippen molar-refractivity contribution in [2.75, 3.05) is 60.5 Å². The molecule has 14 heteroatoms. The van der Waals surface area contributed by atoms with E-state index in [1.807, 2.05) is 0 Å². The number of hydrogen-bond donors (Lipinski definition) is 0. The van der Waals surface area contributed by atoms with Gasteiger partial charge in [-0.15, -0.1) is 0 Å². The summed E-state index contributed by atoms with van der Waals surface area (Å²) in [6.45, 7) is 4.80. The Labute approximate surface area is 283 Å². The van der Waals surface area contributed by atoms with E-state index < -0.39 is 31.4 Å². The highest BCUT2D eigenvalue weighted by atomic mass is 19.4. The maximum atomic E-state index is 13.1. The van der Waals surface area contributed by atoms with Crippen LogP contribution in [0, 0.1) is 11.8 Å². The molecule has 0 radical (unpaired) electrons. The predicted molar refractivity (Wildman–Crippen MR) is 170 cm³/mol. The van der Waals surface area contributed by atoms with Crippen molar-refractivity contribution in [2.24, 2.45) is 11.8 Å². The normalized spacial score (nSPS) is 18.6. The molecular formula is C34H63F9O5. The van der Waals surface area contributed by atoms with Crippen molar-refractivity contribution >= 4 is 0 Å². The Hall–Kier alpha value is -0.830. The minimum absolute atomic E-state index is 0.0988. The SMILES string of the molecule is CC1(OCOCC2CCCCC2)CCCC1.CCCOCC(OCOCC1CCCCC1)(C(F)(F)F)C(F)(F)F.CCF.CCF.CF. The summed E-state index contributed by atoms with van der Waals surface area (Å²) < 4.78 is 134. The zero-order chi connectivity index (χ0) is 37.0. The third-order valence-electron chi connectivity index (χ3n) is 8.27. The quantitative estimate of drug-likeness (QED) is 0.101. The monoisotopic (exact) mass is 722 g/mol. The van der Waals surface area contributed by atoms with Crippen molar-refractivity contribution in [1.29, 1.82) is 0 Å². The van der Waals surface area contributed by atoms with E-state index in [4.69, 9.17) is 14.2 Å². The van der Waals surface area contributed by atoms with E-state index in [9.17, 15) is 39.5 Å². The molecule has 0 atom stereocenters. The molecule has 5 nitrogen and oxygen atoms in total. The van der Waals surface area contributed by atoms with E-state index in [-0.39, 0.29) is 38.1 Å². The fourth-order valence-corrected chi connectivity index (χ4v) is 5.62. The molecule has 0 bridgehead atoms. The van der Waals surface area contributed by atoms with Gasteiger partial charge in [0.15, 0.2) is 0 Å². The zero-order valence-electron chi connectivity index (χ0n) is 29.9. The zero-order valence-corrected chi connectivity index (χ0v) is 29.9. The van der Waals surface area contributed by atoms with Gasteiger partial charge in [-0.2, -0.15) is 26.3 Å². The molecule has 0 spiro atoms. The molecule has 0 aromatic carbocycles. The van der Waals surface area contributed by atoms with Crippen molar-refractivity contribution in [3.8, 4) is 0 Å². The van der Waals surface area contributed by atoms with Gasteiger partial charge in [-0.1, -0.05) is 58.3 Å². The van der Waals surface area contributed by atoms with Crippen LogP contribution < -0.4 is 0 Å². The average molecular weight is 723 g/mol. The molecule has 3 rings (SSSR count). The summed E-state index contributed by atoms with van der Waals surface area (Å²) in [6, 6.07) is 0. The maximum absolute atomic E-state index is 13.1. The fraction of sp³-hybridized carbons (Fsp3) is 1.00. The van der Waals surface area contributed by atoms with Gasteiger partial charge in [0.1, 0.15) is 13.6 Å². The van der Waals surface area contributed by atoms with E-state index >= 15 is 0 Å². The Morgan fingerprint density at radius 3 is 1.38 bits per heavy atom. The summed E-state index contributed by atoms with van der Waals surface area (Å²) in [6.07, 6.45) is 5.77. The molecule has 0 heterocycles. The van der Waals surface area contributed by atoms with E-state index in [0.717, 1.165) is 44.6 Å². The second-order valence-electron chi connectivity index (χ2n) is 12.3. The molecule has 0 aromatic rings. The number of hydrogen-bond acceptors (Lipinski definition) is 5. The first-order chi connectivity index (χ1) is 22.8. The van der Waals surface area contributed by atoms with Gasteiger partial charge in [-0.3, -0.25) is 13.2 Å². The van der Waals surface area contributed by atoms with Crippen LogP contribution in [0.5, 0.6) is 0 Å². The summed E-state index contributed by atoms with van der Waals surface area (Å²) >= 11 is 0. The molecule has 3 aliphatic rings. The first kappa shape index (κ1) is 49.3. The van der Waals surface area contributed by atoms with Gasteiger partial charge >= 0.3 is 12.4 Å². The number of ether oxygens (including phenoxy) is 5. The molecule has 0 unspecified atom stereocenters. The van der Waals surface area contributed by atoms with Gasteiger partial charge in [0.25, 0.3) is 5.60 Å². The molecule has 0 aromatic heterocycles. The van der Waals surface area contributed by atoms with Gasteiger partial charge < -0.3 is 23.7 Å². The highest BCUT2D eigenvalue weighted by molar-refractivity contribution is 4.96. The topological polar surface area (TPSA) is 46.2 Å². The molecule has 48 heavy (non-hydrogen) atoms. The lowest BCUT2D eigenvalue weighted by molar-refractivity contribution is -0.402. The van der Waals surface area contributed by atoms with Crippen molar-refractivity contribution in [2.45, 2.75) is 148 Å². The number of halogens is 9. The van der Waals surface area contributed by atoms with Gasteiger partial charge in [0.05, 0.1) is 45.9 Å². The summed E-state index contributed by atoms with van der Waals surface area (Å²) in [5.41, 5.74) is -4.26. The van der Waals surface area contributed by atoms with Gasteiger partial charge in [-0.25, -0.2) is 0 Å². The standard InChI is InChI=1S/C15H24F6O3.C14H26O2.2C2H5F.CH3F/c1-2-8-22-10-13(14(16,17)18,15(19,20)21)24-11-23-9-12-6-4-3-5-7-12;1-14(9-5-6-10-14)16-12-15-11-13-7-3-2-4-8-13;2*1-2-3;1-2/h12H,2-11H2,1H3;13H,2-12H2,1H3;2*2H2,1H3;1H3. The smallest absolute Gasteiger partial charge is 0.378 e. The van der Waals surface area contributed by atoms with Crippen molar-refractivity contribution in [3.63, 3.8) is 0 Å². The molecule has 292 valence electrons. The third kappa shape index (κ3) is 21.4. The van der Waals surface area contributed by atoms with Crippen LogP contribution in [0.2, 0.25) is 0 Å². The van der Waals surface area contributed by atoms with Crippen molar-refractivity contribution in [1.82, 2.24) is 0 Å². The number of rotatable bonds is 14. The molecule has 0 saturated heterocycles. The van der Waals surface area contributed by atoms with Crippen LogP contribution >= 0.6 is 0 Å². The fourth-order valence-electron chi connectivity index (χ4n) is 5.62. The molecular weight excluding hydrogens is 659 g/mol. The van der Waals surface area contributed by atoms with Crippen LogP contribution in [0.1, 0.15) is 124 Å². The Bertz CT molecular complexity index is 677. The average Bonchev–Trinajstić information content (AvgIpc) is 3.49. The van der Waals surface area contributed by atoms with Crippen LogP contribution in [0.3, 0.4) is 0 Å². The Morgan fingerprint density at radius 2 is 1.00 bits per heavy atom. The summed E-state index contributed by atoms with van der Waals surface area (Å²) in [5, 5.41) is 0. The second kappa shape index (κ2) is 28.8. The molecule has 0 N–H and O–H groups in total. The van der Waals surface area contributed by atoms with E-state index in [2.05, 4.69) is 16.4 Å². The highest BCUT2D eigenvalue weighted by Gasteiger charge is 2.72. The lowest BCUT2D eigenvalue weighted by Gasteiger charge is -2.36. The van der Waals surface area contributed by atoms with Gasteiger partial charge in [0.2, 0.25) is 0 Å². The minimum atomic E-state index is -5.66. The number of alkyl halides is 9. The maximum Gasteiger partial charge on any atom is 0.428 e. The molecule has 3 aliphatic carbocycles. The van der Waals surface area contributed by atoms with E-state index in [1.165, 1.54) is 71.6 Å². The third-order valence-corrected chi connectivity index (χ3v) is 8.27. The van der Waals surface area contributed by atoms with Crippen LogP contribution in [-0.2, 0) is 23.7 Å².